The van der Waals surface area contributed by atoms with E-state index in [0.29, 0.717) is 17.9 Å². The third-order valence-corrected chi connectivity index (χ3v) is 4.06. The van der Waals surface area contributed by atoms with Crippen molar-refractivity contribution in [2.24, 2.45) is 0 Å². The number of carbonyl (C=O) groups is 2. The molecule has 0 unspecified atom stereocenters. The molecule has 148 valence electrons. The number of benzene rings is 2. The number of nitro benzene ring substituents is 1. The van der Waals surface area contributed by atoms with E-state index < -0.39 is 10.9 Å². The van der Waals surface area contributed by atoms with Crippen molar-refractivity contribution in [2.45, 2.75) is 6.54 Å². The van der Waals surface area contributed by atoms with E-state index in [1.165, 1.54) is 31.6 Å². The number of rotatable bonds is 7. The van der Waals surface area contributed by atoms with Crippen molar-refractivity contribution < 1.29 is 23.7 Å². The predicted octanol–water partition coefficient (Wildman–Crippen LogP) is 3.84. The van der Waals surface area contributed by atoms with Crippen LogP contribution in [0.25, 0.3) is 0 Å². The van der Waals surface area contributed by atoms with E-state index in [1.54, 1.807) is 36.4 Å². The Bertz CT molecular complexity index is 1030. The van der Waals surface area contributed by atoms with Gasteiger partial charge in [0.05, 0.1) is 23.9 Å². The maximum atomic E-state index is 12.0. The lowest BCUT2D eigenvalue weighted by Crippen LogP contribution is -2.11. The number of anilines is 2. The van der Waals surface area contributed by atoms with Gasteiger partial charge in [0.15, 0.2) is 5.76 Å². The zero-order valence-corrected chi connectivity index (χ0v) is 15.4. The molecule has 0 aliphatic rings. The molecule has 2 aromatic carbocycles. The first-order valence-corrected chi connectivity index (χ1v) is 8.52. The molecule has 0 aliphatic carbocycles. The van der Waals surface area contributed by atoms with Crippen LogP contribution in [0, 0.1) is 10.1 Å². The van der Waals surface area contributed by atoms with Crippen molar-refractivity contribution in [3.8, 4) is 0 Å². The molecule has 3 aromatic rings. The number of furan rings is 1. The molecule has 0 radical (unpaired) electrons. The van der Waals surface area contributed by atoms with Crippen LogP contribution in [0.3, 0.4) is 0 Å². The summed E-state index contributed by atoms with van der Waals surface area (Å²) in [6.07, 6.45) is 1.42. The van der Waals surface area contributed by atoms with E-state index >= 15 is 0 Å². The van der Waals surface area contributed by atoms with E-state index in [9.17, 15) is 19.7 Å². The standard InChI is InChI=1S/C20H17N3O6/c1-28-20(25)16-11-15(23(26)27)8-9-17(16)21-12-13-4-6-14(7-5-13)22-19(24)18-3-2-10-29-18/h2-11,21H,12H2,1H3,(H,22,24). The average molecular weight is 395 g/mol. The number of hydrogen-bond acceptors (Lipinski definition) is 7. The normalized spacial score (nSPS) is 10.2. The number of nitrogens with zero attached hydrogens (tertiary/aromatic N) is 1. The van der Waals surface area contributed by atoms with E-state index in [0.717, 1.165) is 5.56 Å². The van der Waals surface area contributed by atoms with Crippen LogP contribution in [0.2, 0.25) is 0 Å². The topological polar surface area (TPSA) is 124 Å². The summed E-state index contributed by atoms with van der Waals surface area (Å²) in [6, 6.07) is 14.2. The largest absolute Gasteiger partial charge is 0.465 e. The number of non-ortho nitro benzene ring substituents is 1. The van der Waals surface area contributed by atoms with Crippen LogP contribution in [-0.4, -0.2) is 23.9 Å². The first-order chi connectivity index (χ1) is 14.0. The molecule has 0 spiro atoms. The van der Waals surface area contributed by atoms with Crippen LogP contribution in [0.5, 0.6) is 0 Å². The summed E-state index contributed by atoms with van der Waals surface area (Å²) in [5, 5.41) is 16.7. The molecule has 0 aliphatic heterocycles. The van der Waals surface area contributed by atoms with Crippen LogP contribution in [-0.2, 0) is 11.3 Å². The highest BCUT2D eigenvalue weighted by molar-refractivity contribution is 6.02. The number of methoxy groups -OCH3 is 1. The molecule has 0 fully saturated rings. The fraction of sp³-hybridized carbons (Fsp3) is 0.100. The molecular formula is C20H17N3O6. The van der Waals surface area contributed by atoms with Crippen molar-refractivity contribution >= 4 is 28.9 Å². The van der Waals surface area contributed by atoms with Gasteiger partial charge >= 0.3 is 5.97 Å². The van der Waals surface area contributed by atoms with Gasteiger partial charge in [-0.25, -0.2) is 4.79 Å². The Kier molecular flexibility index (Phi) is 5.88. The molecule has 1 amide bonds. The zero-order valence-electron chi connectivity index (χ0n) is 15.4. The second-order valence-electron chi connectivity index (χ2n) is 5.96. The summed E-state index contributed by atoms with van der Waals surface area (Å²) in [7, 11) is 1.21. The molecule has 9 heteroatoms. The van der Waals surface area contributed by atoms with E-state index in [4.69, 9.17) is 9.15 Å². The second-order valence-corrected chi connectivity index (χ2v) is 5.96. The minimum absolute atomic E-state index is 0.0732. The lowest BCUT2D eigenvalue weighted by atomic mass is 10.1. The van der Waals surface area contributed by atoms with Gasteiger partial charge in [-0.05, 0) is 35.9 Å². The van der Waals surface area contributed by atoms with Gasteiger partial charge in [-0.2, -0.15) is 0 Å². The number of hydrogen-bond donors (Lipinski definition) is 2. The zero-order chi connectivity index (χ0) is 20.8. The first kappa shape index (κ1) is 19.6. The van der Waals surface area contributed by atoms with Crippen molar-refractivity contribution in [1.82, 2.24) is 0 Å². The fourth-order valence-corrected chi connectivity index (χ4v) is 2.58. The Hall–Kier alpha value is -4.14. The molecule has 1 heterocycles. The highest BCUT2D eigenvalue weighted by atomic mass is 16.6. The Morgan fingerprint density at radius 1 is 1.14 bits per heavy atom. The Balaban J connectivity index is 1.67. The molecule has 29 heavy (non-hydrogen) atoms. The molecule has 0 saturated heterocycles. The monoisotopic (exact) mass is 395 g/mol. The smallest absolute Gasteiger partial charge is 0.340 e. The molecule has 0 saturated carbocycles. The molecule has 2 N–H and O–H groups in total. The summed E-state index contributed by atoms with van der Waals surface area (Å²) >= 11 is 0. The van der Waals surface area contributed by atoms with Crippen molar-refractivity contribution in [1.29, 1.82) is 0 Å². The van der Waals surface area contributed by atoms with Crippen LogP contribution >= 0.6 is 0 Å². The fourth-order valence-electron chi connectivity index (χ4n) is 2.58. The molecule has 1 aromatic heterocycles. The molecule has 3 rings (SSSR count). The van der Waals surface area contributed by atoms with Crippen molar-refractivity contribution in [2.75, 3.05) is 17.7 Å². The first-order valence-electron chi connectivity index (χ1n) is 8.52. The number of carbonyl (C=O) groups excluding carboxylic acids is 2. The average Bonchev–Trinajstić information content (AvgIpc) is 3.27. The lowest BCUT2D eigenvalue weighted by Gasteiger charge is -2.11. The molecule has 0 bridgehead atoms. The molecular weight excluding hydrogens is 378 g/mol. The third-order valence-electron chi connectivity index (χ3n) is 4.06. The SMILES string of the molecule is COC(=O)c1cc([N+](=O)[O-])ccc1NCc1ccc(NC(=O)c2ccco2)cc1. The van der Waals surface area contributed by atoms with Crippen LogP contribution in [0.1, 0.15) is 26.5 Å². The van der Waals surface area contributed by atoms with Gasteiger partial charge < -0.3 is 19.8 Å². The number of esters is 1. The molecule has 9 nitrogen and oxygen atoms in total. The van der Waals surface area contributed by atoms with Crippen LogP contribution in [0.4, 0.5) is 17.1 Å². The highest BCUT2D eigenvalue weighted by Gasteiger charge is 2.17. The minimum Gasteiger partial charge on any atom is -0.465 e. The van der Waals surface area contributed by atoms with Gasteiger partial charge in [-0.1, -0.05) is 12.1 Å². The third kappa shape index (κ3) is 4.78. The quantitative estimate of drug-likeness (QED) is 0.354. The maximum absolute atomic E-state index is 12.0. The van der Waals surface area contributed by atoms with E-state index in [-0.39, 0.29) is 22.9 Å². The summed E-state index contributed by atoms with van der Waals surface area (Å²) < 4.78 is 9.74. The highest BCUT2D eigenvalue weighted by Crippen LogP contribution is 2.24. The summed E-state index contributed by atoms with van der Waals surface area (Å²) in [5.41, 5.74) is 1.75. The predicted molar refractivity (Wildman–Crippen MR) is 105 cm³/mol. The van der Waals surface area contributed by atoms with Gasteiger partial charge in [0.2, 0.25) is 0 Å². The van der Waals surface area contributed by atoms with Gasteiger partial charge in [-0.15, -0.1) is 0 Å². The maximum Gasteiger partial charge on any atom is 0.340 e. The Morgan fingerprint density at radius 2 is 1.90 bits per heavy atom. The summed E-state index contributed by atoms with van der Waals surface area (Å²) in [5.74, 6) is -0.814. The lowest BCUT2D eigenvalue weighted by molar-refractivity contribution is -0.384. The van der Waals surface area contributed by atoms with Gasteiger partial charge in [0.25, 0.3) is 11.6 Å². The van der Waals surface area contributed by atoms with Crippen LogP contribution in [0.15, 0.2) is 65.3 Å². The number of nitro groups is 1. The van der Waals surface area contributed by atoms with Crippen LogP contribution < -0.4 is 10.6 Å². The van der Waals surface area contributed by atoms with Gasteiger partial charge in [-0.3, -0.25) is 14.9 Å². The number of nitrogens with one attached hydrogen (secondary N) is 2. The Morgan fingerprint density at radius 3 is 2.52 bits per heavy atom. The van der Waals surface area contributed by atoms with Gasteiger partial charge in [0, 0.05) is 30.1 Å². The van der Waals surface area contributed by atoms with Crippen molar-refractivity contribution in [3.05, 3.63) is 87.9 Å². The van der Waals surface area contributed by atoms with Gasteiger partial charge in [0.1, 0.15) is 0 Å². The van der Waals surface area contributed by atoms with E-state index in [2.05, 4.69) is 10.6 Å². The minimum atomic E-state index is -0.674. The Labute approximate surface area is 165 Å². The molecule has 0 atom stereocenters. The van der Waals surface area contributed by atoms with Crippen molar-refractivity contribution in [3.63, 3.8) is 0 Å². The second kappa shape index (κ2) is 8.70. The van der Waals surface area contributed by atoms with E-state index in [1.807, 2.05) is 0 Å². The number of ether oxygens (including phenoxy) is 1. The summed E-state index contributed by atoms with van der Waals surface area (Å²) in [4.78, 5) is 34.3. The number of amides is 1. The summed E-state index contributed by atoms with van der Waals surface area (Å²) in [6.45, 7) is 0.355.